The Morgan fingerprint density at radius 1 is 0.850 bits per heavy atom. The third-order valence-corrected chi connectivity index (χ3v) is 3.56. The third kappa shape index (κ3) is 4.07. The maximum atomic E-state index is 9.99. The summed E-state index contributed by atoms with van der Waals surface area (Å²) < 4.78 is 0. The fourth-order valence-electron chi connectivity index (χ4n) is 2.16. The van der Waals surface area contributed by atoms with Crippen LogP contribution in [0, 0.1) is 0 Å². The number of alkyl halides is 1. The molecule has 0 heterocycles. The van der Waals surface area contributed by atoms with E-state index in [0.29, 0.717) is 12.3 Å². The van der Waals surface area contributed by atoms with Crippen molar-refractivity contribution in [1.82, 2.24) is 0 Å². The van der Waals surface area contributed by atoms with Gasteiger partial charge in [-0.1, -0.05) is 54.6 Å². The molecule has 2 N–H and O–H groups in total. The molecule has 0 radical (unpaired) electrons. The van der Waals surface area contributed by atoms with E-state index >= 15 is 0 Å². The summed E-state index contributed by atoms with van der Waals surface area (Å²) in [5, 5.41) is 19.7. The van der Waals surface area contributed by atoms with Gasteiger partial charge in [-0.05, 0) is 29.5 Å². The summed E-state index contributed by atoms with van der Waals surface area (Å²) in [6.07, 6.45) is -0.442. The molecule has 0 aliphatic carbocycles. The summed E-state index contributed by atoms with van der Waals surface area (Å²) >= 11 is 5.57. The van der Waals surface area contributed by atoms with E-state index in [-0.39, 0.29) is 0 Å². The highest BCUT2D eigenvalue weighted by molar-refractivity contribution is 6.17. The van der Waals surface area contributed by atoms with Crippen molar-refractivity contribution in [3.05, 3.63) is 71.3 Å². The zero-order valence-corrected chi connectivity index (χ0v) is 12.0. The number of halogens is 1. The molecule has 2 aromatic carbocycles. The van der Waals surface area contributed by atoms with E-state index in [0.717, 1.165) is 12.0 Å². The number of hydrogen-bond acceptors (Lipinski definition) is 2. The summed E-state index contributed by atoms with van der Waals surface area (Å²) in [4.78, 5) is 0. The minimum atomic E-state index is -0.875. The van der Waals surface area contributed by atoms with Gasteiger partial charge in [-0.2, -0.15) is 0 Å². The first-order valence-corrected chi connectivity index (χ1v) is 7.29. The first kappa shape index (κ1) is 15.0. The van der Waals surface area contributed by atoms with Crippen LogP contribution in [-0.2, 0) is 6.42 Å². The number of aliphatic hydroxyl groups is 2. The molecule has 20 heavy (non-hydrogen) atoms. The van der Waals surface area contributed by atoms with Gasteiger partial charge >= 0.3 is 0 Å². The van der Waals surface area contributed by atoms with Crippen LogP contribution in [-0.4, -0.2) is 22.2 Å². The van der Waals surface area contributed by atoms with Crippen LogP contribution >= 0.6 is 11.6 Å². The highest BCUT2D eigenvalue weighted by Gasteiger charge is 2.17. The molecule has 0 amide bonds. The van der Waals surface area contributed by atoms with Crippen molar-refractivity contribution in [3.8, 4) is 0 Å². The Labute approximate surface area is 124 Å². The molecule has 0 aliphatic rings. The normalized spacial score (nSPS) is 13.9. The van der Waals surface area contributed by atoms with Gasteiger partial charge in [0.15, 0.2) is 0 Å². The van der Waals surface area contributed by atoms with Gasteiger partial charge in [0.1, 0.15) is 6.10 Å². The summed E-state index contributed by atoms with van der Waals surface area (Å²) in [7, 11) is 0. The first-order valence-electron chi connectivity index (χ1n) is 6.75. The minimum absolute atomic E-state index is 0.338. The van der Waals surface area contributed by atoms with Crippen molar-refractivity contribution in [3.63, 3.8) is 0 Å². The van der Waals surface area contributed by atoms with E-state index in [1.807, 2.05) is 42.5 Å². The highest BCUT2D eigenvalue weighted by Crippen LogP contribution is 2.20. The standard InChI is InChI=1S/C17H19ClO2/c18-11-10-16(19)17(20)15-8-6-14(7-9-15)12-13-4-2-1-3-5-13/h1-9,16-17,19-20H,10-12H2. The van der Waals surface area contributed by atoms with Gasteiger partial charge in [0, 0.05) is 5.88 Å². The van der Waals surface area contributed by atoms with Crippen LogP contribution in [0.1, 0.15) is 29.2 Å². The molecule has 0 spiro atoms. The van der Waals surface area contributed by atoms with Gasteiger partial charge < -0.3 is 10.2 Å². The van der Waals surface area contributed by atoms with Crippen molar-refractivity contribution >= 4 is 11.6 Å². The van der Waals surface area contributed by atoms with Crippen LogP contribution in [0.5, 0.6) is 0 Å². The molecule has 106 valence electrons. The molecule has 2 unspecified atom stereocenters. The second kappa shape index (κ2) is 7.44. The fourth-order valence-corrected chi connectivity index (χ4v) is 2.38. The van der Waals surface area contributed by atoms with Crippen LogP contribution < -0.4 is 0 Å². The molecule has 2 atom stereocenters. The second-order valence-electron chi connectivity index (χ2n) is 4.89. The lowest BCUT2D eigenvalue weighted by molar-refractivity contribution is 0.0170. The van der Waals surface area contributed by atoms with E-state index in [1.54, 1.807) is 0 Å². The monoisotopic (exact) mass is 290 g/mol. The third-order valence-electron chi connectivity index (χ3n) is 3.34. The van der Waals surface area contributed by atoms with Crippen molar-refractivity contribution < 1.29 is 10.2 Å². The van der Waals surface area contributed by atoms with Crippen molar-refractivity contribution in [2.24, 2.45) is 0 Å². The molecule has 0 aliphatic heterocycles. The molecule has 2 rings (SSSR count). The summed E-state index contributed by atoms with van der Waals surface area (Å²) in [6.45, 7) is 0. The molecule has 2 aromatic rings. The second-order valence-corrected chi connectivity index (χ2v) is 5.27. The average molecular weight is 291 g/mol. The first-order chi connectivity index (χ1) is 9.70. The Kier molecular flexibility index (Phi) is 5.60. The van der Waals surface area contributed by atoms with Gasteiger partial charge in [0.2, 0.25) is 0 Å². The Hall–Kier alpha value is -1.35. The predicted molar refractivity (Wildman–Crippen MR) is 82.0 cm³/mol. The van der Waals surface area contributed by atoms with Gasteiger partial charge in [-0.25, -0.2) is 0 Å². The fraction of sp³-hybridized carbons (Fsp3) is 0.294. The lowest BCUT2D eigenvalue weighted by atomic mass is 9.99. The molecular formula is C17H19ClO2. The number of aliphatic hydroxyl groups excluding tert-OH is 2. The van der Waals surface area contributed by atoms with E-state index in [1.165, 1.54) is 11.1 Å². The van der Waals surface area contributed by atoms with Crippen molar-refractivity contribution in [2.45, 2.75) is 25.0 Å². The van der Waals surface area contributed by atoms with Gasteiger partial charge in [0.05, 0.1) is 6.10 Å². The van der Waals surface area contributed by atoms with E-state index in [9.17, 15) is 10.2 Å². The van der Waals surface area contributed by atoms with E-state index < -0.39 is 12.2 Å². The van der Waals surface area contributed by atoms with Crippen LogP contribution in [0.25, 0.3) is 0 Å². The predicted octanol–water partition coefficient (Wildman–Crippen LogP) is 3.30. The van der Waals surface area contributed by atoms with Crippen LogP contribution in [0.3, 0.4) is 0 Å². The summed E-state index contributed by atoms with van der Waals surface area (Å²) in [6, 6.07) is 17.9. The van der Waals surface area contributed by atoms with E-state index in [4.69, 9.17) is 11.6 Å². The molecular weight excluding hydrogens is 272 g/mol. The Balaban J connectivity index is 2.03. The molecule has 0 bridgehead atoms. The van der Waals surface area contributed by atoms with Crippen molar-refractivity contribution in [1.29, 1.82) is 0 Å². The van der Waals surface area contributed by atoms with Gasteiger partial charge in [0.25, 0.3) is 0 Å². The SMILES string of the molecule is OC(CCCl)C(O)c1ccc(Cc2ccccc2)cc1. The maximum absolute atomic E-state index is 9.99. The summed E-state index contributed by atoms with van der Waals surface area (Å²) in [5.74, 6) is 0.338. The molecule has 0 aromatic heterocycles. The zero-order chi connectivity index (χ0) is 14.4. The molecule has 3 heteroatoms. The Morgan fingerprint density at radius 2 is 1.45 bits per heavy atom. The highest BCUT2D eigenvalue weighted by atomic mass is 35.5. The van der Waals surface area contributed by atoms with Gasteiger partial charge in [-0.3, -0.25) is 0 Å². The molecule has 0 saturated heterocycles. The molecule has 0 fully saturated rings. The minimum Gasteiger partial charge on any atom is -0.390 e. The Bertz CT molecular complexity index is 510. The van der Waals surface area contributed by atoms with Crippen LogP contribution in [0.4, 0.5) is 0 Å². The van der Waals surface area contributed by atoms with Crippen LogP contribution in [0.2, 0.25) is 0 Å². The number of rotatable bonds is 6. The lowest BCUT2D eigenvalue weighted by Crippen LogP contribution is -2.18. The van der Waals surface area contributed by atoms with E-state index in [2.05, 4.69) is 12.1 Å². The largest absolute Gasteiger partial charge is 0.390 e. The van der Waals surface area contributed by atoms with Crippen LogP contribution in [0.15, 0.2) is 54.6 Å². The summed E-state index contributed by atoms with van der Waals surface area (Å²) in [5.41, 5.74) is 3.15. The Morgan fingerprint density at radius 3 is 2.05 bits per heavy atom. The smallest absolute Gasteiger partial charge is 0.105 e. The average Bonchev–Trinajstić information content (AvgIpc) is 2.48. The maximum Gasteiger partial charge on any atom is 0.105 e. The van der Waals surface area contributed by atoms with Crippen molar-refractivity contribution in [2.75, 3.05) is 5.88 Å². The molecule has 2 nitrogen and oxygen atoms in total. The molecule has 0 saturated carbocycles. The quantitative estimate of drug-likeness (QED) is 0.802. The number of hydrogen-bond donors (Lipinski definition) is 2. The lowest BCUT2D eigenvalue weighted by Gasteiger charge is -2.17. The topological polar surface area (TPSA) is 40.5 Å². The van der Waals surface area contributed by atoms with Gasteiger partial charge in [-0.15, -0.1) is 11.6 Å². The zero-order valence-electron chi connectivity index (χ0n) is 11.2. The number of benzene rings is 2.